The van der Waals surface area contributed by atoms with Gasteiger partial charge in [0.2, 0.25) is 5.91 Å². The number of carbonyl (C=O) groups is 2. The molecule has 0 aliphatic heterocycles. The van der Waals surface area contributed by atoms with Gasteiger partial charge in [-0.3, -0.25) is 10.1 Å². The highest BCUT2D eigenvalue weighted by Crippen LogP contribution is 2.17. The molecule has 0 fully saturated rings. The van der Waals surface area contributed by atoms with E-state index >= 15 is 0 Å². The molecule has 98 valence electrons. The van der Waals surface area contributed by atoms with Crippen LogP contribution in [0.5, 0.6) is 0 Å². The van der Waals surface area contributed by atoms with E-state index in [1.165, 1.54) is 7.05 Å². The zero-order valence-electron chi connectivity index (χ0n) is 10.6. The Balaban J connectivity index is 2.55. The lowest BCUT2D eigenvalue weighted by molar-refractivity contribution is -0.120. The van der Waals surface area contributed by atoms with E-state index in [4.69, 9.17) is 0 Å². The Morgan fingerprint density at radius 3 is 2.33 bits per heavy atom. The fraction of sp³-hybridized carbons (Fsp3) is 0.333. The second-order valence-corrected chi connectivity index (χ2v) is 4.54. The van der Waals surface area contributed by atoms with Gasteiger partial charge in [-0.2, -0.15) is 0 Å². The van der Waals surface area contributed by atoms with Gasteiger partial charge in [-0.15, -0.1) is 11.8 Å². The van der Waals surface area contributed by atoms with Crippen LogP contribution in [0.4, 0.5) is 10.5 Å². The number of amides is 3. The molecule has 0 saturated heterocycles. The van der Waals surface area contributed by atoms with Crippen LogP contribution in [-0.4, -0.2) is 31.3 Å². The van der Waals surface area contributed by atoms with Crippen LogP contribution in [0.3, 0.4) is 0 Å². The molecule has 0 aliphatic carbocycles. The molecule has 0 bridgehead atoms. The van der Waals surface area contributed by atoms with Crippen LogP contribution in [0, 0.1) is 0 Å². The molecule has 1 unspecified atom stereocenters. The minimum atomic E-state index is -0.508. The van der Waals surface area contributed by atoms with Gasteiger partial charge in [0.15, 0.2) is 0 Å². The van der Waals surface area contributed by atoms with Crippen molar-refractivity contribution in [3.8, 4) is 0 Å². The highest BCUT2D eigenvalue weighted by atomic mass is 32.2. The summed E-state index contributed by atoms with van der Waals surface area (Å²) >= 11 is 1.65. The van der Waals surface area contributed by atoms with Crippen LogP contribution in [0.25, 0.3) is 0 Å². The fourth-order valence-corrected chi connectivity index (χ4v) is 1.69. The number of urea groups is 1. The zero-order chi connectivity index (χ0) is 13.5. The highest BCUT2D eigenvalue weighted by Gasteiger charge is 2.14. The number of benzene rings is 1. The van der Waals surface area contributed by atoms with Crippen LogP contribution < -0.4 is 16.0 Å². The van der Waals surface area contributed by atoms with Gasteiger partial charge in [0, 0.05) is 17.6 Å². The summed E-state index contributed by atoms with van der Waals surface area (Å²) < 4.78 is 0. The first-order valence-electron chi connectivity index (χ1n) is 5.50. The minimum Gasteiger partial charge on any atom is -0.374 e. The molecule has 5 nitrogen and oxygen atoms in total. The van der Waals surface area contributed by atoms with Crippen molar-refractivity contribution in [2.75, 3.05) is 18.6 Å². The molecule has 18 heavy (non-hydrogen) atoms. The smallest absolute Gasteiger partial charge is 0.321 e. The summed E-state index contributed by atoms with van der Waals surface area (Å²) in [6, 6.07) is 6.74. The Kier molecular flexibility index (Phi) is 5.51. The van der Waals surface area contributed by atoms with Gasteiger partial charge in [0.25, 0.3) is 0 Å². The number of hydrogen-bond donors (Lipinski definition) is 3. The van der Waals surface area contributed by atoms with E-state index in [1.807, 2.05) is 30.5 Å². The number of rotatable bonds is 4. The van der Waals surface area contributed by atoms with Crippen LogP contribution in [-0.2, 0) is 4.79 Å². The molecular weight excluding hydrogens is 250 g/mol. The predicted octanol–water partition coefficient (Wildman–Crippen LogP) is 1.66. The summed E-state index contributed by atoms with van der Waals surface area (Å²) in [6.45, 7) is 1.70. The van der Waals surface area contributed by atoms with Crippen molar-refractivity contribution in [2.45, 2.75) is 17.9 Å². The molecule has 1 aromatic rings. The second-order valence-electron chi connectivity index (χ2n) is 3.66. The topological polar surface area (TPSA) is 70.2 Å². The summed E-state index contributed by atoms with van der Waals surface area (Å²) in [5.74, 6) is -0.372. The van der Waals surface area contributed by atoms with Gasteiger partial charge in [-0.05, 0) is 37.4 Å². The second kappa shape index (κ2) is 6.90. The fourth-order valence-electron chi connectivity index (χ4n) is 1.29. The largest absolute Gasteiger partial charge is 0.374 e. The SMILES string of the molecule is CNC(=O)NC(=O)C(C)Nc1ccc(SC)cc1. The summed E-state index contributed by atoms with van der Waals surface area (Å²) in [6.07, 6.45) is 2.00. The molecule has 0 aromatic heterocycles. The quantitative estimate of drug-likeness (QED) is 0.726. The zero-order valence-corrected chi connectivity index (χ0v) is 11.4. The van der Waals surface area contributed by atoms with Crippen LogP contribution in [0.15, 0.2) is 29.2 Å². The number of thioether (sulfide) groups is 1. The van der Waals surface area contributed by atoms with E-state index in [0.29, 0.717) is 0 Å². The monoisotopic (exact) mass is 267 g/mol. The lowest BCUT2D eigenvalue weighted by Crippen LogP contribution is -2.44. The predicted molar refractivity (Wildman–Crippen MR) is 73.9 cm³/mol. The minimum absolute atomic E-state index is 0.372. The van der Waals surface area contributed by atoms with Crippen LogP contribution in [0.2, 0.25) is 0 Å². The van der Waals surface area contributed by atoms with Crippen LogP contribution in [0.1, 0.15) is 6.92 Å². The van der Waals surface area contributed by atoms with E-state index in [9.17, 15) is 9.59 Å². The standard InChI is InChI=1S/C12H17N3O2S/c1-8(11(16)15-12(17)13-2)14-9-4-6-10(18-3)7-5-9/h4-8,14H,1-3H3,(H2,13,15,16,17). The number of imide groups is 1. The molecule has 0 radical (unpaired) electrons. The van der Waals surface area contributed by atoms with E-state index in [-0.39, 0.29) is 5.91 Å². The molecule has 1 aromatic carbocycles. The van der Waals surface area contributed by atoms with Gasteiger partial charge in [0.1, 0.15) is 6.04 Å². The Morgan fingerprint density at radius 2 is 1.83 bits per heavy atom. The van der Waals surface area contributed by atoms with E-state index in [0.717, 1.165) is 10.6 Å². The van der Waals surface area contributed by atoms with Crippen molar-refractivity contribution in [1.29, 1.82) is 0 Å². The van der Waals surface area contributed by atoms with Crippen molar-refractivity contribution in [3.05, 3.63) is 24.3 Å². The third-order valence-electron chi connectivity index (χ3n) is 2.33. The summed E-state index contributed by atoms with van der Waals surface area (Å²) in [5.41, 5.74) is 0.840. The lowest BCUT2D eigenvalue weighted by atomic mass is 10.2. The molecular formula is C12H17N3O2S. The molecule has 0 heterocycles. The van der Waals surface area contributed by atoms with E-state index < -0.39 is 12.1 Å². The first-order valence-corrected chi connectivity index (χ1v) is 6.72. The van der Waals surface area contributed by atoms with Crippen molar-refractivity contribution < 1.29 is 9.59 Å². The Morgan fingerprint density at radius 1 is 1.22 bits per heavy atom. The molecule has 1 atom stereocenters. The molecule has 0 aliphatic rings. The van der Waals surface area contributed by atoms with Crippen molar-refractivity contribution in [1.82, 2.24) is 10.6 Å². The maximum absolute atomic E-state index is 11.6. The molecule has 0 saturated carbocycles. The maximum Gasteiger partial charge on any atom is 0.321 e. The van der Waals surface area contributed by atoms with Gasteiger partial charge < -0.3 is 10.6 Å². The number of hydrogen-bond acceptors (Lipinski definition) is 4. The number of nitrogens with one attached hydrogen (secondary N) is 3. The Bertz CT molecular complexity index is 420. The molecule has 0 spiro atoms. The average molecular weight is 267 g/mol. The molecule has 3 N–H and O–H groups in total. The third-order valence-corrected chi connectivity index (χ3v) is 3.07. The van der Waals surface area contributed by atoms with Gasteiger partial charge >= 0.3 is 6.03 Å². The highest BCUT2D eigenvalue weighted by molar-refractivity contribution is 7.98. The Labute approximate surface area is 111 Å². The molecule has 6 heteroatoms. The summed E-state index contributed by atoms with van der Waals surface area (Å²) in [4.78, 5) is 23.7. The first kappa shape index (κ1) is 14.4. The maximum atomic E-state index is 11.6. The van der Waals surface area contributed by atoms with Crippen LogP contribution >= 0.6 is 11.8 Å². The first-order chi connectivity index (χ1) is 8.56. The molecule has 1 rings (SSSR count). The van der Waals surface area contributed by atoms with E-state index in [1.54, 1.807) is 18.7 Å². The van der Waals surface area contributed by atoms with Crippen molar-refractivity contribution >= 4 is 29.4 Å². The number of carbonyl (C=O) groups excluding carboxylic acids is 2. The lowest BCUT2D eigenvalue weighted by Gasteiger charge is -2.14. The average Bonchev–Trinajstić information content (AvgIpc) is 2.39. The molecule has 3 amide bonds. The Hall–Kier alpha value is -1.69. The normalized spacial score (nSPS) is 11.5. The van der Waals surface area contributed by atoms with Crippen molar-refractivity contribution in [2.24, 2.45) is 0 Å². The summed E-state index contributed by atoms with van der Waals surface area (Å²) in [7, 11) is 1.46. The van der Waals surface area contributed by atoms with Gasteiger partial charge in [-0.1, -0.05) is 0 Å². The number of anilines is 1. The van der Waals surface area contributed by atoms with Gasteiger partial charge in [-0.25, -0.2) is 4.79 Å². The third kappa shape index (κ3) is 4.29. The summed E-state index contributed by atoms with van der Waals surface area (Å²) in [5, 5.41) is 7.57. The van der Waals surface area contributed by atoms with Crippen molar-refractivity contribution in [3.63, 3.8) is 0 Å². The van der Waals surface area contributed by atoms with E-state index in [2.05, 4.69) is 16.0 Å². The van der Waals surface area contributed by atoms with Gasteiger partial charge in [0.05, 0.1) is 0 Å².